The second kappa shape index (κ2) is 6.42. The number of benzene rings is 1. The largest absolute Gasteiger partial charge is 0.460 e. The number of nitrogens with two attached hydrogens (primary N) is 1. The molecule has 0 saturated carbocycles. The Labute approximate surface area is 108 Å². The molecule has 0 amide bonds. The van der Waals surface area contributed by atoms with Crippen molar-refractivity contribution in [2.24, 2.45) is 0 Å². The van der Waals surface area contributed by atoms with E-state index >= 15 is 0 Å². The van der Waals surface area contributed by atoms with Gasteiger partial charge in [-0.3, -0.25) is 0 Å². The summed E-state index contributed by atoms with van der Waals surface area (Å²) in [6, 6.07) is 4.75. The van der Waals surface area contributed by atoms with Crippen molar-refractivity contribution in [3.8, 4) is 0 Å². The van der Waals surface area contributed by atoms with Crippen LogP contribution in [0.5, 0.6) is 0 Å². The summed E-state index contributed by atoms with van der Waals surface area (Å²) in [4.78, 5) is 11.6. The van der Waals surface area contributed by atoms with Crippen molar-refractivity contribution in [1.29, 1.82) is 0 Å². The van der Waals surface area contributed by atoms with Crippen LogP contribution in [0.2, 0.25) is 0 Å². The fourth-order valence-electron chi connectivity index (χ4n) is 1.32. The Hall–Kier alpha value is -1.76. The van der Waals surface area contributed by atoms with Gasteiger partial charge >= 0.3 is 12.1 Å². The molecule has 0 aliphatic carbocycles. The van der Waals surface area contributed by atoms with Crippen molar-refractivity contribution in [1.82, 2.24) is 0 Å². The molecule has 19 heavy (non-hydrogen) atoms. The van der Waals surface area contributed by atoms with Gasteiger partial charge in [-0.1, -0.05) is 6.07 Å². The lowest BCUT2D eigenvalue weighted by Gasteiger charge is -2.09. The zero-order valence-corrected chi connectivity index (χ0v) is 10.3. The molecule has 0 aliphatic heterocycles. The average molecular weight is 277 g/mol. The van der Waals surface area contributed by atoms with Crippen molar-refractivity contribution >= 4 is 11.7 Å². The first kappa shape index (κ1) is 15.3. The molecule has 1 rings (SSSR count). The maximum Gasteiger partial charge on any atom is 0.411 e. The van der Waals surface area contributed by atoms with Crippen LogP contribution in [0.3, 0.4) is 0 Å². The summed E-state index contributed by atoms with van der Waals surface area (Å²) < 4.78 is 44.4. The molecule has 106 valence electrons. The molecule has 4 nitrogen and oxygen atoms in total. The van der Waals surface area contributed by atoms with Crippen LogP contribution in [-0.4, -0.2) is 32.0 Å². The number of carbonyl (C=O) groups excluding carboxylic acids is 1. The zero-order valence-electron chi connectivity index (χ0n) is 10.3. The molecule has 0 fully saturated rings. The van der Waals surface area contributed by atoms with Gasteiger partial charge in [-0.25, -0.2) is 4.79 Å². The third-order valence-corrected chi connectivity index (χ3v) is 2.21. The molecule has 2 N–H and O–H groups in total. The van der Waals surface area contributed by atoms with E-state index in [1.54, 1.807) is 19.1 Å². The van der Waals surface area contributed by atoms with Crippen LogP contribution < -0.4 is 5.73 Å². The minimum Gasteiger partial charge on any atom is -0.460 e. The van der Waals surface area contributed by atoms with Crippen molar-refractivity contribution < 1.29 is 27.4 Å². The third kappa shape index (κ3) is 5.60. The smallest absolute Gasteiger partial charge is 0.411 e. The van der Waals surface area contributed by atoms with Crippen molar-refractivity contribution in [3.05, 3.63) is 29.3 Å². The van der Waals surface area contributed by atoms with Gasteiger partial charge in [0.05, 0.1) is 12.2 Å². The molecule has 0 saturated heterocycles. The van der Waals surface area contributed by atoms with Gasteiger partial charge in [0.2, 0.25) is 0 Å². The highest BCUT2D eigenvalue weighted by Gasteiger charge is 2.27. The van der Waals surface area contributed by atoms with Crippen LogP contribution in [0, 0.1) is 6.92 Å². The Morgan fingerprint density at radius 1 is 1.32 bits per heavy atom. The Morgan fingerprint density at radius 2 is 2.00 bits per heavy atom. The van der Waals surface area contributed by atoms with Gasteiger partial charge in [0, 0.05) is 5.69 Å². The summed E-state index contributed by atoms with van der Waals surface area (Å²) in [5.74, 6) is -0.639. The minimum atomic E-state index is -4.38. The number of anilines is 1. The first-order valence-corrected chi connectivity index (χ1v) is 5.47. The lowest BCUT2D eigenvalue weighted by Crippen LogP contribution is -2.20. The van der Waals surface area contributed by atoms with E-state index in [2.05, 4.69) is 4.74 Å². The average Bonchev–Trinajstić information content (AvgIpc) is 2.30. The SMILES string of the molecule is Cc1ccc(N)cc1C(=O)OCCOCC(F)(F)F. The van der Waals surface area contributed by atoms with Gasteiger partial charge < -0.3 is 15.2 Å². The second-order valence-corrected chi connectivity index (χ2v) is 3.88. The summed E-state index contributed by atoms with van der Waals surface area (Å²) >= 11 is 0. The predicted octanol–water partition coefficient (Wildman–Crippen LogP) is 2.31. The molecule has 0 heterocycles. The number of rotatable bonds is 5. The summed E-state index contributed by atoms with van der Waals surface area (Å²) in [5.41, 5.74) is 6.90. The van der Waals surface area contributed by atoms with Crippen molar-refractivity contribution in [2.75, 3.05) is 25.6 Å². The standard InChI is InChI=1S/C12H14F3NO3/c1-8-2-3-9(16)6-10(8)11(17)19-5-4-18-7-12(13,14)15/h2-3,6H,4-5,7,16H2,1H3. The molecule has 7 heteroatoms. The zero-order chi connectivity index (χ0) is 14.5. The predicted molar refractivity (Wildman–Crippen MR) is 62.7 cm³/mol. The maximum atomic E-state index is 11.8. The van der Waals surface area contributed by atoms with Crippen LogP contribution in [0.1, 0.15) is 15.9 Å². The van der Waals surface area contributed by atoms with Crippen LogP contribution in [-0.2, 0) is 9.47 Å². The lowest BCUT2D eigenvalue weighted by molar-refractivity contribution is -0.175. The van der Waals surface area contributed by atoms with Gasteiger partial charge in [0.25, 0.3) is 0 Å². The number of carbonyl (C=O) groups is 1. The Kier molecular flexibility index (Phi) is 5.17. The van der Waals surface area contributed by atoms with E-state index in [0.29, 0.717) is 11.3 Å². The number of nitrogen functional groups attached to an aromatic ring is 1. The molecule has 0 radical (unpaired) electrons. The number of hydrogen-bond donors (Lipinski definition) is 1. The molecule has 0 unspecified atom stereocenters. The van der Waals surface area contributed by atoms with E-state index < -0.39 is 18.8 Å². The number of halogens is 3. The molecular formula is C12H14F3NO3. The summed E-state index contributed by atoms with van der Waals surface area (Å²) in [6.45, 7) is -0.214. The van der Waals surface area contributed by atoms with E-state index in [9.17, 15) is 18.0 Å². The highest BCUT2D eigenvalue weighted by Crippen LogP contribution is 2.15. The van der Waals surface area contributed by atoms with Gasteiger partial charge in [-0.15, -0.1) is 0 Å². The van der Waals surface area contributed by atoms with E-state index in [0.717, 1.165) is 0 Å². The summed E-state index contributed by atoms with van der Waals surface area (Å²) in [6.07, 6.45) is -4.38. The van der Waals surface area contributed by atoms with Crippen LogP contribution >= 0.6 is 0 Å². The van der Waals surface area contributed by atoms with Crippen LogP contribution in [0.4, 0.5) is 18.9 Å². The molecule has 0 bridgehead atoms. The molecule has 0 aliphatic rings. The second-order valence-electron chi connectivity index (χ2n) is 3.88. The van der Waals surface area contributed by atoms with Gasteiger partial charge in [0.15, 0.2) is 0 Å². The van der Waals surface area contributed by atoms with Gasteiger partial charge in [0.1, 0.15) is 13.2 Å². The first-order valence-electron chi connectivity index (χ1n) is 5.47. The Bertz CT molecular complexity index is 446. The van der Waals surface area contributed by atoms with Gasteiger partial charge in [-0.2, -0.15) is 13.2 Å². The van der Waals surface area contributed by atoms with E-state index in [4.69, 9.17) is 10.5 Å². The van der Waals surface area contributed by atoms with E-state index in [1.807, 2.05) is 0 Å². The van der Waals surface area contributed by atoms with Crippen molar-refractivity contribution in [3.63, 3.8) is 0 Å². The highest BCUT2D eigenvalue weighted by atomic mass is 19.4. The maximum absolute atomic E-state index is 11.8. The molecule has 1 aromatic rings. The summed E-state index contributed by atoms with van der Waals surface area (Å²) in [7, 11) is 0. The number of alkyl halides is 3. The molecular weight excluding hydrogens is 263 g/mol. The van der Waals surface area contributed by atoms with E-state index in [-0.39, 0.29) is 18.8 Å². The number of esters is 1. The van der Waals surface area contributed by atoms with E-state index in [1.165, 1.54) is 6.07 Å². The Morgan fingerprint density at radius 3 is 2.63 bits per heavy atom. The fraction of sp³-hybridized carbons (Fsp3) is 0.417. The van der Waals surface area contributed by atoms with Crippen LogP contribution in [0.15, 0.2) is 18.2 Å². The topological polar surface area (TPSA) is 61.6 Å². The lowest BCUT2D eigenvalue weighted by atomic mass is 10.1. The highest BCUT2D eigenvalue weighted by molar-refractivity contribution is 5.92. The molecule has 0 spiro atoms. The summed E-state index contributed by atoms with van der Waals surface area (Å²) in [5, 5.41) is 0. The van der Waals surface area contributed by atoms with Crippen molar-refractivity contribution in [2.45, 2.75) is 13.1 Å². The van der Waals surface area contributed by atoms with Crippen LogP contribution in [0.25, 0.3) is 0 Å². The Balaban J connectivity index is 2.38. The quantitative estimate of drug-likeness (QED) is 0.509. The molecule has 1 aromatic carbocycles. The molecule has 0 atom stereocenters. The molecule has 0 aromatic heterocycles. The monoisotopic (exact) mass is 277 g/mol. The number of aryl methyl sites for hydroxylation is 1. The number of ether oxygens (including phenoxy) is 2. The fourth-order valence-corrected chi connectivity index (χ4v) is 1.32. The van der Waals surface area contributed by atoms with Gasteiger partial charge in [-0.05, 0) is 24.6 Å². The first-order chi connectivity index (χ1) is 8.79. The minimum absolute atomic E-state index is 0.247. The third-order valence-electron chi connectivity index (χ3n) is 2.21. The normalized spacial score (nSPS) is 11.4. The number of hydrogen-bond acceptors (Lipinski definition) is 4.